The first kappa shape index (κ1) is 14.6. The average molecular weight is 358 g/mol. The van der Waals surface area contributed by atoms with Crippen LogP contribution in [0.5, 0.6) is 5.75 Å². The summed E-state index contributed by atoms with van der Waals surface area (Å²) >= 11 is 9.65. The molecule has 1 amide bonds. The smallest absolute Gasteiger partial charge is 0.263 e. The minimum absolute atomic E-state index is 0.0736. The lowest BCUT2D eigenvalue weighted by Crippen LogP contribution is -2.17. The van der Waals surface area contributed by atoms with Gasteiger partial charge in [0.1, 0.15) is 10.1 Å². The fraction of sp³-hybridized carbons (Fsp3) is 0.231. The van der Waals surface area contributed by atoms with Gasteiger partial charge in [-0.1, -0.05) is 39.9 Å². The van der Waals surface area contributed by atoms with E-state index in [1.165, 1.54) is 11.8 Å². The van der Waals surface area contributed by atoms with Gasteiger partial charge >= 0.3 is 0 Å². The second kappa shape index (κ2) is 6.07. The zero-order valence-corrected chi connectivity index (χ0v) is 13.6. The number of thiocarbonyl (C=S) groups is 1. The van der Waals surface area contributed by atoms with Crippen LogP contribution in [0, 0.1) is 0 Å². The number of thioether (sulfide) groups is 1. The molecular formula is C13H12BrNO2S2. The number of ether oxygens (including phenoxy) is 1. The summed E-state index contributed by atoms with van der Waals surface area (Å²) in [5.41, 5.74) is 0.852. The topological polar surface area (TPSA) is 38.3 Å². The van der Waals surface area contributed by atoms with Crippen LogP contribution in [0.25, 0.3) is 6.08 Å². The van der Waals surface area contributed by atoms with Crippen LogP contribution in [0.1, 0.15) is 19.4 Å². The van der Waals surface area contributed by atoms with Gasteiger partial charge in [0.25, 0.3) is 5.91 Å². The lowest BCUT2D eigenvalue weighted by Gasteiger charge is -2.13. The molecule has 0 atom stereocenters. The Morgan fingerprint density at radius 3 is 2.79 bits per heavy atom. The zero-order chi connectivity index (χ0) is 14.0. The molecule has 0 aliphatic carbocycles. The van der Waals surface area contributed by atoms with Crippen LogP contribution < -0.4 is 10.1 Å². The van der Waals surface area contributed by atoms with Crippen LogP contribution >= 0.6 is 39.9 Å². The molecule has 0 radical (unpaired) electrons. The Bertz CT molecular complexity index is 570. The second-order valence-corrected chi connectivity index (χ2v) is 6.84. The van der Waals surface area contributed by atoms with E-state index in [1.807, 2.05) is 32.0 Å². The van der Waals surface area contributed by atoms with E-state index in [9.17, 15) is 4.79 Å². The van der Waals surface area contributed by atoms with E-state index in [1.54, 1.807) is 6.08 Å². The third-order valence-electron chi connectivity index (χ3n) is 2.26. The Labute approximate surface area is 129 Å². The Morgan fingerprint density at radius 1 is 1.47 bits per heavy atom. The molecule has 2 rings (SSSR count). The number of rotatable bonds is 3. The normalized spacial score (nSPS) is 17.2. The highest BCUT2D eigenvalue weighted by atomic mass is 79.9. The van der Waals surface area contributed by atoms with E-state index in [0.717, 1.165) is 15.8 Å². The van der Waals surface area contributed by atoms with Crippen molar-refractivity contribution in [1.29, 1.82) is 0 Å². The van der Waals surface area contributed by atoms with Crippen molar-refractivity contribution in [2.24, 2.45) is 0 Å². The van der Waals surface area contributed by atoms with Gasteiger partial charge in [-0.15, -0.1) is 0 Å². The second-order valence-electron chi connectivity index (χ2n) is 4.20. The summed E-state index contributed by atoms with van der Waals surface area (Å²) < 4.78 is 7.15. The first-order chi connectivity index (χ1) is 8.95. The summed E-state index contributed by atoms with van der Waals surface area (Å²) in [7, 11) is 0. The number of hydrogen-bond acceptors (Lipinski definition) is 4. The van der Waals surface area contributed by atoms with Crippen molar-refractivity contribution >= 4 is 56.2 Å². The van der Waals surface area contributed by atoms with E-state index in [4.69, 9.17) is 17.0 Å². The molecule has 0 saturated carbocycles. The molecule has 1 heterocycles. The molecule has 19 heavy (non-hydrogen) atoms. The van der Waals surface area contributed by atoms with E-state index in [0.29, 0.717) is 9.23 Å². The van der Waals surface area contributed by atoms with Crippen molar-refractivity contribution in [2.75, 3.05) is 0 Å². The van der Waals surface area contributed by atoms with E-state index in [2.05, 4.69) is 21.2 Å². The third kappa shape index (κ3) is 3.81. The van der Waals surface area contributed by atoms with Gasteiger partial charge in [0.05, 0.1) is 11.0 Å². The monoisotopic (exact) mass is 357 g/mol. The third-order valence-corrected chi connectivity index (χ3v) is 3.92. The zero-order valence-electron chi connectivity index (χ0n) is 10.4. The maximum atomic E-state index is 11.7. The van der Waals surface area contributed by atoms with E-state index in [-0.39, 0.29) is 12.0 Å². The molecule has 1 aromatic rings. The molecule has 1 N–H and O–H groups in total. The molecular weight excluding hydrogens is 346 g/mol. The number of hydrogen-bond donors (Lipinski definition) is 1. The number of nitrogens with one attached hydrogen (secondary N) is 1. The molecule has 0 unspecified atom stereocenters. The first-order valence-corrected chi connectivity index (χ1v) is 7.68. The highest BCUT2D eigenvalue weighted by Gasteiger charge is 2.22. The molecule has 1 aromatic carbocycles. The number of carbonyl (C=O) groups is 1. The first-order valence-electron chi connectivity index (χ1n) is 5.67. The van der Waals surface area contributed by atoms with Crippen molar-refractivity contribution < 1.29 is 9.53 Å². The van der Waals surface area contributed by atoms with Crippen LogP contribution in [0.3, 0.4) is 0 Å². The van der Waals surface area contributed by atoms with Gasteiger partial charge in [-0.3, -0.25) is 4.79 Å². The van der Waals surface area contributed by atoms with Crippen LogP contribution in [0.2, 0.25) is 0 Å². The maximum absolute atomic E-state index is 11.7. The summed E-state index contributed by atoms with van der Waals surface area (Å²) in [6.07, 6.45) is 1.87. The fourth-order valence-corrected chi connectivity index (χ4v) is 2.97. The predicted molar refractivity (Wildman–Crippen MR) is 86.2 cm³/mol. The Balaban J connectivity index is 2.38. The molecule has 1 aliphatic rings. The summed E-state index contributed by atoms with van der Waals surface area (Å²) in [4.78, 5) is 12.2. The standard InChI is InChI=1S/C13H12BrNO2S2/c1-7(2)17-10-4-3-9(14)5-8(10)6-11-12(16)15-13(18)19-11/h3-7H,1-2H3,(H,15,16,18). The van der Waals surface area contributed by atoms with Crippen molar-refractivity contribution in [3.05, 3.63) is 33.1 Å². The van der Waals surface area contributed by atoms with Gasteiger partial charge in [-0.2, -0.15) is 0 Å². The molecule has 0 aromatic heterocycles. The molecule has 1 saturated heterocycles. The quantitative estimate of drug-likeness (QED) is 0.660. The SMILES string of the molecule is CC(C)Oc1ccc(Br)cc1C=C1SC(=S)NC1=O. The number of halogens is 1. The number of benzene rings is 1. The van der Waals surface area contributed by atoms with Gasteiger partial charge in [0.15, 0.2) is 0 Å². The van der Waals surface area contributed by atoms with Crippen molar-refractivity contribution in [3.63, 3.8) is 0 Å². The summed E-state index contributed by atoms with van der Waals surface area (Å²) in [5, 5.41) is 2.60. The highest BCUT2D eigenvalue weighted by Crippen LogP contribution is 2.31. The maximum Gasteiger partial charge on any atom is 0.263 e. The molecule has 1 fully saturated rings. The molecule has 3 nitrogen and oxygen atoms in total. The van der Waals surface area contributed by atoms with Gasteiger partial charge in [-0.25, -0.2) is 0 Å². The number of carbonyl (C=O) groups excluding carboxylic acids is 1. The Hall–Kier alpha value is -0.850. The average Bonchev–Trinajstić information content (AvgIpc) is 2.61. The minimum atomic E-state index is -0.162. The van der Waals surface area contributed by atoms with Crippen LogP contribution in [0.15, 0.2) is 27.6 Å². The van der Waals surface area contributed by atoms with Crippen LogP contribution in [-0.2, 0) is 4.79 Å². The fourth-order valence-electron chi connectivity index (χ4n) is 1.56. The van der Waals surface area contributed by atoms with Gasteiger partial charge < -0.3 is 10.1 Å². The van der Waals surface area contributed by atoms with E-state index < -0.39 is 0 Å². The van der Waals surface area contributed by atoms with Gasteiger partial charge in [-0.05, 0) is 38.1 Å². The summed E-state index contributed by atoms with van der Waals surface area (Å²) in [6.45, 7) is 3.93. The van der Waals surface area contributed by atoms with Gasteiger partial charge in [0.2, 0.25) is 0 Å². The van der Waals surface area contributed by atoms with Crippen molar-refractivity contribution in [1.82, 2.24) is 5.32 Å². The molecule has 1 aliphatic heterocycles. The molecule has 6 heteroatoms. The van der Waals surface area contributed by atoms with Crippen LogP contribution in [0.4, 0.5) is 0 Å². The summed E-state index contributed by atoms with van der Waals surface area (Å²) in [5.74, 6) is 0.586. The number of amides is 1. The summed E-state index contributed by atoms with van der Waals surface area (Å²) in [6, 6.07) is 5.71. The van der Waals surface area contributed by atoms with Crippen molar-refractivity contribution in [2.45, 2.75) is 20.0 Å². The highest BCUT2D eigenvalue weighted by molar-refractivity contribution is 9.10. The van der Waals surface area contributed by atoms with Crippen molar-refractivity contribution in [3.8, 4) is 5.75 Å². The van der Waals surface area contributed by atoms with Gasteiger partial charge in [0, 0.05) is 10.0 Å². The Kier molecular flexibility index (Phi) is 4.65. The lowest BCUT2D eigenvalue weighted by atomic mass is 10.2. The van der Waals surface area contributed by atoms with Crippen LogP contribution in [-0.4, -0.2) is 16.3 Å². The van der Waals surface area contributed by atoms with E-state index >= 15 is 0 Å². The predicted octanol–water partition coefficient (Wildman–Crippen LogP) is 3.73. The molecule has 100 valence electrons. The molecule has 0 spiro atoms. The minimum Gasteiger partial charge on any atom is -0.490 e. The Morgan fingerprint density at radius 2 is 2.21 bits per heavy atom. The largest absolute Gasteiger partial charge is 0.490 e. The molecule has 0 bridgehead atoms. The lowest BCUT2D eigenvalue weighted by molar-refractivity contribution is -0.115.